The van der Waals surface area contributed by atoms with E-state index in [1.54, 1.807) is 0 Å². The Morgan fingerprint density at radius 3 is 2.10 bits per heavy atom. The fourth-order valence-corrected chi connectivity index (χ4v) is 8.47. The third-order valence-corrected chi connectivity index (χ3v) is 11.4. The van der Waals surface area contributed by atoms with Crippen LogP contribution in [0.2, 0.25) is 0 Å². The quantitative estimate of drug-likeness (QED) is 0.134. The minimum absolute atomic E-state index is 0. The lowest BCUT2D eigenvalue weighted by atomic mass is 9.98. The molecular formula is C39H42ClN7O3. The number of benzene rings is 3. The predicted molar refractivity (Wildman–Crippen MR) is 195 cm³/mol. The van der Waals surface area contributed by atoms with E-state index in [1.165, 1.54) is 30.7 Å². The molecule has 4 N–H and O–H groups in total. The summed E-state index contributed by atoms with van der Waals surface area (Å²) in [5.74, 6) is 2.80. The van der Waals surface area contributed by atoms with Gasteiger partial charge < -0.3 is 25.3 Å². The number of carboxylic acid groups (broad SMARTS) is 1. The van der Waals surface area contributed by atoms with E-state index in [9.17, 15) is 14.7 Å². The largest absolute Gasteiger partial charge is 0.465 e. The first-order valence-electron chi connectivity index (χ1n) is 17.5. The van der Waals surface area contributed by atoms with Crippen LogP contribution >= 0.6 is 12.4 Å². The summed E-state index contributed by atoms with van der Waals surface area (Å²) >= 11 is 0. The molecule has 258 valence electrons. The van der Waals surface area contributed by atoms with Crippen LogP contribution in [0.1, 0.15) is 63.3 Å². The molecule has 9 rings (SSSR count). The highest BCUT2D eigenvalue weighted by molar-refractivity contribution is 5.91. The summed E-state index contributed by atoms with van der Waals surface area (Å²) in [6, 6.07) is 21.9. The maximum absolute atomic E-state index is 13.8. The van der Waals surface area contributed by atoms with Crippen LogP contribution in [-0.4, -0.2) is 72.0 Å². The lowest BCUT2D eigenvalue weighted by Gasteiger charge is -2.35. The maximum atomic E-state index is 13.8. The molecule has 0 radical (unpaired) electrons. The molecule has 0 unspecified atom stereocenters. The fourth-order valence-electron chi connectivity index (χ4n) is 8.47. The molecule has 5 aromatic rings. The van der Waals surface area contributed by atoms with Crippen LogP contribution in [0.5, 0.6) is 0 Å². The summed E-state index contributed by atoms with van der Waals surface area (Å²) < 4.78 is 0. The second-order valence-corrected chi connectivity index (χ2v) is 14.9. The van der Waals surface area contributed by atoms with Crippen LogP contribution < -0.4 is 5.32 Å². The van der Waals surface area contributed by atoms with Gasteiger partial charge >= 0.3 is 6.09 Å². The van der Waals surface area contributed by atoms with Crippen LogP contribution in [0, 0.1) is 17.8 Å². The van der Waals surface area contributed by atoms with E-state index in [2.05, 4.69) is 75.9 Å². The number of piperidine rings is 2. The number of aromatic amines is 2. The molecule has 7 atom stereocenters. The van der Waals surface area contributed by atoms with E-state index in [4.69, 9.17) is 9.97 Å². The summed E-state index contributed by atoms with van der Waals surface area (Å²) in [4.78, 5) is 45.1. The minimum Gasteiger partial charge on any atom is -0.465 e. The number of amides is 2. The van der Waals surface area contributed by atoms with Gasteiger partial charge in [-0.05, 0) is 83.0 Å². The first kappa shape index (κ1) is 32.5. The van der Waals surface area contributed by atoms with Gasteiger partial charge in [0, 0.05) is 24.7 Å². The fraction of sp³-hybridized carbons (Fsp3) is 0.385. The molecule has 3 aromatic carbocycles. The lowest BCUT2D eigenvalue weighted by Crippen LogP contribution is -2.52. The molecule has 2 aliphatic heterocycles. The third-order valence-electron chi connectivity index (χ3n) is 11.4. The Kier molecular flexibility index (Phi) is 7.99. The molecule has 2 aromatic heterocycles. The third kappa shape index (κ3) is 5.64. The van der Waals surface area contributed by atoms with E-state index in [1.807, 2.05) is 31.1 Å². The van der Waals surface area contributed by atoms with E-state index < -0.39 is 12.1 Å². The zero-order valence-electron chi connectivity index (χ0n) is 28.3. The summed E-state index contributed by atoms with van der Waals surface area (Å²) in [7, 11) is 1.48. The average molecular weight is 692 g/mol. The number of H-pyrrole nitrogens is 2. The highest BCUT2D eigenvalue weighted by atomic mass is 35.5. The van der Waals surface area contributed by atoms with Gasteiger partial charge in [0.2, 0.25) is 5.91 Å². The molecule has 50 heavy (non-hydrogen) atoms. The second-order valence-electron chi connectivity index (χ2n) is 14.9. The molecule has 2 saturated carbocycles. The Balaban J connectivity index is 0.00000361. The number of hydrogen-bond acceptors (Lipinski definition) is 5. The normalized spacial score (nSPS) is 25.2. The Hall–Kier alpha value is -4.67. The smallest absolute Gasteiger partial charge is 0.407 e. The number of carbonyl (C=O) groups is 2. The van der Waals surface area contributed by atoms with Gasteiger partial charge in [-0.25, -0.2) is 14.8 Å². The molecule has 0 spiro atoms. The van der Waals surface area contributed by atoms with Crippen molar-refractivity contribution in [2.24, 2.45) is 17.8 Å². The van der Waals surface area contributed by atoms with Crippen molar-refractivity contribution >= 4 is 35.2 Å². The van der Waals surface area contributed by atoms with E-state index in [0.717, 1.165) is 68.9 Å². The predicted octanol–water partition coefficient (Wildman–Crippen LogP) is 7.43. The van der Waals surface area contributed by atoms with Gasteiger partial charge in [-0.15, -0.1) is 12.4 Å². The van der Waals surface area contributed by atoms with Gasteiger partial charge in [-0.3, -0.25) is 9.69 Å². The summed E-state index contributed by atoms with van der Waals surface area (Å²) in [6.07, 6.45) is 7.00. The number of fused-ring (bicyclic) bond motifs is 3. The van der Waals surface area contributed by atoms with E-state index >= 15 is 0 Å². The average Bonchev–Trinajstić information content (AvgIpc) is 3.65. The van der Waals surface area contributed by atoms with Crippen LogP contribution in [0.4, 0.5) is 4.79 Å². The van der Waals surface area contributed by atoms with Crippen molar-refractivity contribution in [3.8, 4) is 33.6 Å². The van der Waals surface area contributed by atoms with Crippen molar-refractivity contribution in [2.45, 2.75) is 69.7 Å². The lowest BCUT2D eigenvalue weighted by molar-refractivity contribution is -0.139. The first-order chi connectivity index (χ1) is 23.7. The van der Waals surface area contributed by atoms with Crippen LogP contribution in [0.3, 0.4) is 0 Å². The van der Waals surface area contributed by atoms with Crippen molar-refractivity contribution in [1.82, 2.24) is 35.1 Å². The highest BCUT2D eigenvalue weighted by Gasteiger charge is 2.56. The molecule has 4 fully saturated rings. The summed E-state index contributed by atoms with van der Waals surface area (Å²) in [6.45, 7) is 3.79. The van der Waals surface area contributed by atoms with Gasteiger partial charge in [0.05, 0.1) is 35.9 Å². The molecule has 4 aliphatic rings. The number of rotatable bonds is 8. The Morgan fingerprint density at radius 1 is 0.800 bits per heavy atom. The Labute approximate surface area is 297 Å². The van der Waals surface area contributed by atoms with Crippen molar-refractivity contribution in [3.63, 3.8) is 0 Å². The van der Waals surface area contributed by atoms with Crippen molar-refractivity contribution in [3.05, 3.63) is 84.7 Å². The topological polar surface area (TPSA) is 130 Å². The molecule has 2 amide bonds. The SMILES string of the molecule is CC(C)[C@@H](C(=O)N1[C@@H]2C[C@@H]2C[C@H]1c1ncc(-c2ccc(-c3ccc4cc(-c5cnc([C@@H]6C[C@H]7C[C@H]7N6)[nH]5)ccc4c3)cc2)[nH]1)N(C)C(=O)O.Cl. The number of likely N-dealkylation sites (tertiary alicyclic amines) is 1. The van der Waals surface area contributed by atoms with E-state index in [0.29, 0.717) is 18.0 Å². The molecule has 4 heterocycles. The molecule has 2 aliphatic carbocycles. The Bertz CT molecular complexity index is 2080. The van der Waals surface area contributed by atoms with Gasteiger partial charge in [0.15, 0.2) is 0 Å². The summed E-state index contributed by atoms with van der Waals surface area (Å²) in [5.41, 5.74) is 6.38. The van der Waals surface area contributed by atoms with Crippen molar-refractivity contribution in [2.75, 3.05) is 7.05 Å². The van der Waals surface area contributed by atoms with Crippen molar-refractivity contribution in [1.29, 1.82) is 0 Å². The molecule has 11 heteroatoms. The number of imidazole rings is 2. The van der Waals surface area contributed by atoms with Gasteiger partial charge in [0.25, 0.3) is 0 Å². The monoisotopic (exact) mass is 691 g/mol. The molecule has 0 bridgehead atoms. The minimum atomic E-state index is -1.09. The molecular weight excluding hydrogens is 650 g/mol. The number of nitrogens with one attached hydrogen (secondary N) is 3. The van der Waals surface area contributed by atoms with Crippen molar-refractivity contribution < 1.29 is 14.7 Å². The number of carbonyl (C=O) groups excluding carboxylic acids is 1. The molecule has 2 saturated heterocycles. The van der Waals surface area contributed by atoms with Crippen LogP contribution in [-0.2, 0) is 4.79 Å². The standard InChI is InChI=1S/C39H41N7O3.ClH/c1-20(2)35(45(3)39(48)49)38(47)46-33-16-28(33)17-34(46)37-41-18-31(44-37)22-6-4-21(5-7-22)23-8-9-25-13-26(11-10-24(25)12-23)32-19-40-36(43-32)30-15-27-14-29(27)42-30;/h4-13,18-20,27-30,33-35,42H,14-17H2,1-3H3,(H,40,43)(H,41,44)(H,48,49);1H/t27-,28-,29-,30+,33-,34+,35+;/m1./s1. The first-order valence-corrected chi connectivity index (χ1v) is 17.5. The molecule has 10 nitrogen and oxygen atoms in total. The second kappa shape index (κ2) is 12.3. The number of hydrogen-bond donors (Lipinski definition) is 4. The van der Waals surface area contributed by atoms with Crippen LogP contribution in [0.25, 0.3) is 44.4 Å². The van der Waals surface area contributed by atoms with Gasteiger partial charge in [-0.1, -0.05) is 62.4 Å². The van der Waals surface area contributed by atoms with Gasteiger partial charge in [-0.2, -0.15) is 0 Å². The number of aromatic nitrogens is 4. The van der Waals surface area contributed by atoms with E-state index in [-0.39, 0.29) is 36.3 Å². The highest BCUT2D eigenvalue weighted by Crippen LogP contribution is 2.53. The van der Waals surface area contributed by atoms with Gasteiger partial charge in [0.1, 0.15) is 17.7 Å². The number of nitrogens with zero attached hydrogens (tertiary/aromatic N) is 4. The summed E-state index contributed by atoms with van der Waals surface area (Å²) in [5, 5.41) is 15.7. The van der Waals surface area contributed by atoms with Crippen LogP contribution in [0.15, 0.2) is 73.1 Å². The zero-order valence-corrected chi connectivity index (χ0v) is 29.2. The number of halogens is 1. The Morgan fingerprint density at radius 2 is 1.42 bits per heavy atom. The number of likely N-dealkylation sites (N-methyl/N-ethyl adjacent to an activating group) is 1. The maximum Gasteiger partial charge on any atom is 0.407 e. The zero-order chi connectivity index (χ0) is 33.6.